The van der Waals surface area contributed by atoms with Gasteiger partial charge in [0, 0.05) is 6.42 Å². The zero-order valence-corrected chi connectivity index (χ0v) is 10.6. The zero-order chi connectivity index (χ0) is 12.7. The van der Waals surface area contributed by atoms with Gasteiger partial charge in [-0.2, -0.15) is 0 Å². The molecular formula is C12H23N3O2. The molecular weight excluding hydrogens is 218 g/mol. The molecule has 1 saturated carbocycles. The van der Waals surface area contributed by atoms with Gasteiger partial charge in [0.1, 0.15) is 5.54 Å². The Kier molecular flexibility index (Phi) is 5.41. The quantitative estimate of drug-likeness (QED) is 0.584. The Morgan fingerprint density at radius 3 is 2.41 bits per heavy atom. The summed E-state index contributed by atoms with van der Waals surface area (Å²) in [7, 11) is 1.85. The molecule has 1 rings (SSSR count). The first-order valence-electron chi connectivity index (χ1n) is 6.36. The maximum absolute atomic E-state index is 11.7. The van der Waals surface area contributed by atoms with E-state index >= 15 is 0 Å². The summed E-state index contributed by atoms with van der Waals surface area (Å²) in [6.45, 7) is 0.803. The summed E-state index contributed by atoms with van der Waals surface area (Å²) in [5.74, 6) is -0.458. The molecule has 0 bridgehead atoms. The molecule has 5 heteroatoms. The third-order valence-corrected chi connectivity index (χ3v) is 3.39. The molecule has 0 spiro atoms. The fraction of sp³-hybridized carbons (Fsp3) is 0.833. The van der Waals surface area contributed by atoms with Gasteiger partial charge in [0.15, 0.2) is 0 Å². The lowest BCUT2D eigenvalue weighted by Crippen LogP contribution is -2.58. The van der Waals surface area contributed by atoms with E-state index < -0.39 is 5.54 Å². The van der Waals surface area contributed by atoms with Crippen molar-refractivity contribution in [1.29, 1.82) is 0 Å². The third-order valence-electron chi connectivity index (χ3n) is 3.39. The van der Waals surface area contributed by atoms with E-state index in [1.54, 1.807) is 0 Å². The van der Waals surface area contributed by atoms with Crippen molar-refractivity contribution in [3.8, 4) is 0 Å². The van der Waals surface area contributed by atoms with Crippen LogP contribution in [0, 0.1) is 0 Å². The minimum Gasteiger partial charge on any atom is -0.368 e. The molecule has 1 aliphatic carbocycles. The number of carbonyl (C=O) groups is 2. The highest BCUT2D eigenvalue weighted by atomic mass is 16.2. The van der Waals surface area contributed by atoms with Crippen LogP contribution in [-0.4, -0.2) is 30.9 Å². The summed E-state index contributed by atoms with van der Waals surface area (Å²) in [5.41, 5.74) is 4.66. The molecule has 4 N–H and O–H groups in total. The molecule has 98 valence electrons. The molecule has 0 aliphatic heterocycles. The highest BCUT2D eigenvalue weighted by Gasteiger charge is 2.38. The minimum absolute atomic E-state index is 0.0686. The van der Waals surface area contributed by atoms with Crippen LogP contribution in [0.15, 0.2) is 0 Å². The van der Waals surface area contributed by atoms with Crippen LogP contribution in [0.5, 0.6) is 0 Å². The maximum atomic E-state index is 11.7. The fourth-order valence-electron chi connectivity index (χ4n) is 2.34. The molecule has 0 atom stereocenters. The Balaban J connectivity index is 2.48. The Morgan fingerprint density at radius 1 is 1.24 bits per heavy atom. The lowest BCUT2D eigenvalue weighted by atomic mass is 9.81. The Bertz CT molecular complexity index is 273. The summed E-state index contributed by atoms with van der Waals surface area (Å²) in [6.07, 6.45) is 5.61. The summed E-state index contributed by atoms with van der Waals surface area (Å²) in [5, 5.41) is 5.84. The second-order valence-corrected chi connectivity index (χ2v) is 4.76. The monoisotopic (exact) mass is 241 g/mol. The van der Waals surface area contributed by atoms with Crippen LogP contribution in [0.3, 0.4) is 0 Å². The second-order valence-electron chi connectivity index (χ2n) is 4.76. The van der Waals surface area contributed by atoms with E-state index in [0.29, 0.717) is 19.3 Å². The first-order chi connectivity index (χ1) is 8.10. The van der Waals surface area contributed by atoms with Crippen molar-refractivity contribution in [2.45, 2.75) is 50.5 Å². The van der Waals surface area contributed by atoms with Crippen molar-refractivity contribution < 1.29 is 9.59 Å². The normalized spacial score (nSPS) is 18.6. The molecule has 0 saturated heterocycles. The van der Waals surface area contributed by atoms with Crippen molar-refractivity contribution in [1.82, 2.24) is 10.6 Å². The number of primary amides is 1. The summed E-state index contributed by atoms with van der Waals surface area (Å²) >= 11 is 0. The van der Waals surface area contributed by atoms with Gasteiger partial charge in [0.2, 0.25) is 11.8 Å². The highest BCUT2D eigenvalue weighted by Crippen LogP contribution is 2.28. The van der Waals surface area contributed by atoms with Crippen LogP contribution in [-0.2, 0) is 9.59 Å². The Hall–Kier alpha value is -1.10. The van der Waals surface area contributed by atoms with Gasteiger partial charge in [-0.25, -0.2) is 0 Å². The summed E-state index contributed by atoms with van der Waals surface area (Å²) in [6, 6.07) is 0. The molecule has 0 aromatic heterocycles. The van der Waals surface area contributed by atoms with Gasteiger partial charge in [-0.05, 0) is 32.9 Å². The van der Waals surface area contributed by atoms with Gasteiger partial charge in [0.05, 0.1) is 0 Å². The Labute approximate surface area is 103 Å². The standard InChI is InChI=1S/C12H23N3O2/c1-14-9-5-6-10(16)15-12(11(13)17)7-3-2-4-8-12/h14H,2-9H2,1H3,(H2,13,17)(H,15,16). The van der Waals surface area contributed by atoms with Gasteiger partial charge in [-0.3, -0.25) is 9.59 Å². The zero-order valence-electron chi connectivity index (χ0n) is 10.6. The van der Waals surface area contributed by atoms with E-state index in [1.165, 1.54) is 0 Å². The third kappa shape index (κ3) is 4.00. The average molecular weight is 241 g/mol. The predicted molar refractivity (Wildman–Crippen MR) is 66.3 cm³/mol. The number of carbonyl (C=O) groups excluding carboxylic acids is 2. The molecule has 0 aromatic rings. The molecule has 0 unspecified atom stereocenters. The predicted octanol–water partition coefficient (Wildman–Crippen LogP) is 0.290. The topological polar surface area (TPSA) is 84.2 Å². The molecule has 1 aliphatic rings. The average Bonchev–Trinajstić information content (AvgIpc) is 2.30. The van der Waals surface area contributed by atoms with Crippen LogP contribution >= 0.6 is 0 Å². The van der Waals surface area contributed by atoms with Crippen molar-refractivity contribution in [2.75, 3.05) is 13.6 Å². The molecule has 17 heavy (non-hydrogen) atoms. The van der Waals surface area contributed by atoms with Crippen LogP contribution < -0.4 is 16.4 Å². The lowest BCUT2D eigenvalue weighted by molar-refractivity contribution is -0.133. The molecule has 5 nitrogen and oxygen atoms in total. The van der Waals surface area contributed by atoms with Crippen LogP contribution in [0.2, 0.25) is 0 Å². The highest BCUT2D eigenvalue weighted by molar-refractivity contribution is 5.90. The van der Waals surface area contributed by atoms with Crippen molar-refractivity contribution in [2.24, 2.45) is 5.73 Å². The van der Waals surface area contributed by atoms with Crippen LogP contribution in [0.1, 0.15) is 44.9 Å². The molecule has 0 radical (unpaired) electrons. The van der Waals surface area contributed by atoms with E-state index in [-0.39, 0.29) is 11.8 Å². The summed E-state index contributed by atoms with van der Waals surface area (Å²) < 4.78 is 0. The smallest absolute Gasteiger partial charge is 0.243 e. The molecule has 0 aromatic carbocycles. The molecule has 0 heterocycles. The second kappa shape index (κ2) is 6.59. The van der Waals surface area contributed by atoms with Crippen molar-refractivity contribution in [3.05, 3.63) is 0 Å². The van der Waals surface area contributed by atoms with Gasteiger partial charge in [0.25, 0.3) is 0 Å². The van der Waals surface area contributed by atoms with Gasteiger partial charge < -0.3 is 16.4 Å². The van der Waals surface area contributed by atoms with E-state index in [9.17, 15) is 9.59 Å². The van der Waals surface area contributed by atoms with Crippen LogP contribution in [0.4, 0.5) is 0 Å². The number of nitrogens with one attached hydrogen (secondary N) is 2. The fourth-order valence-corrected chi connectivity index (χ4v) is 2.34. The van der Waals surface area contributed by atoms with E-state index in [2.05, 4.69) is 10.6 Å². The first-order valence-corrected chi connectivity index (χ1v) is 6.36. The molecule has 1 fully saturated rings. The lowest BCUT2D eigenvalue weighted by Gasteiger charge is -2.35. The van der Waals surface area contributed by atoms with Gasteiger partial charge >= 0.3 is 0 Å². The van der Waals surface area contributed by atoms with E-state index in [0.717, 1.165) is 32.2 Å². The van der Waals surface area contributed by atoms with Crippen molar-refractivity contribution in [3.63, 3.8) is 0 Å². The summed E-state index contributed by atoms with van der Waals surface area (Å²) in [4.78, 5) is 23.3. The SMILES string of the molecule is CNCCCC(=O)NC1(C(N)=O)CCCCC1. The van der Waals surface area contributed by atoms with Gasteiger partial charge in [-0.15, -0.1) is 0 Å². The van der Waals surface area contributed by atoms with Gasteiger partial charge in [-0.1, -0.05) is 19.3 Å². The maximum Gasteiger partial charge on any atom is 0.243 e. The number of hydrogen-bond acceptors (Lipinski definition) is 3. The first kappa shape index (κ1) is 14.0. The number of amides is 2. The number of rotatable bonds is 6. The van der Waals surface area contributed by atoms with E-state index in [4.69, 9.17) is 5.73 Å². The Morgan fingerprint density at radius 2 is 1.88 bits per heavy atom. The minimum atomic E-state index is -0.783. The number of nitrogens with two attached hydrogens (primary N) is 1. The van der Waals surface area contributed by atoms with Crippen LogP contribution in [0.25, 0.3) is 0 Å². The largest absolute Gasteiger partial charge is 0.368 e. The molecule has 2 amide bonds. The number of hydrogen-bond donors (Lipinski definition) is 3. The van der Waals surface area contributed by atoms with E-state index in [1.807, 2.05) is 7.05 Å². The van der Waals surface area contributed by atoms with Crippen molar-refractivity contribution >= 4 is 11.8 Å².